The zero-order valence-corrected chi connectivity index (χ0v) is 12.0. The van der Waals surface area contributed by atoms with Crippen LogP contribution in [0.2, 0.25) is 0 Å². The van der Waals surface area contributed by atoms with Crippen LogP contribution in [0.15, 0.2) is 29.4 Å². The third-order valence-electron chi connectivity index (χ3n) is 2.60. The van der Waals surface area contributed by atoms with Gasteiger partial charge in [0.1, 0.15) is 5.82 Å². The number of benzene rings is 1. The van der Waals surface area contributed by atoms with Crippen LogP contribution in [0.1, 0.15) is 28.7 Å². The van der Waals surface area contributed by atoms with Gasteiger partial charge in [-0.3, -0.25) is 10.2 Å². The smallest absolute Gasteiger partial charge is 0.267 e. The number of carbonyl (C=O) groups excluding carboxylic acids is 1. The molecule has 19 heavy (non-hydrogen) atoms. The van der Waals surface area contributed by atoms with Crippen molar-refractivity contribution >= 4 is 17.7 Å². The lowest BCUT2D eigenvalue weighted by molar-refractivity contribution is 0.101. The summed E-state index contributed by atoms with van der Waals surface area (Å²) in [7, 11) is 0. The molecule has 100 valence electrons. The summed E-state index contributed by atoms with van der Waals surface area (Å²) in [6, 6.07) is 7.43. The fourth-order valence-electron chi connectivity index (χ4n) is 1.57. The van der Waals surface area contributed by atoms with Gasteiger partial charge in [0.2, 0.25) is 5.16 Å². The van der Waals surface area contributed by atoms with E-state index >= 15 is 0 Å². The quantitative estimate of drug-likeness (QED) is 0.871. The van der Waals surface area contributed by atoms with Crippen LogP contribution in [-0.4, -0.2) is 26.5 Å². The summed E-state index contributed by atoms with van der Waals surface area (Å²) in [6.07, 6.45) is 0. The highest BCUT2D eigenvalue weighted by Crippen LogP contribution is 2.15. The van der Waals surface area contributed by atoms with Crippen LogP contribution in [0.5, 0.6) is 0 Å². The van der Waals surface area contributed by atoms with E-state index in [0.717, 1.165) is 11.3 Å². The standard InChI is InChI=1S/C13H16N4OS/c1-4-19-13-15-14-10(3)17(13)16-12(18)11-7-5-9(2)6-8-11/h5-8H,4H2,1-3H3,(H,16,18). The van der Waals surface area contributed by atoms with Gasteiger partial charge in [-0.2, -0.15) is 0 Å². The predicted molar refractivity (Wildman–Crippen MR) is 76.0 cm³/mol. The molecular weight excluding hydrogens is 260 g/mol. The lowest BCUT2D eigenvalue weighted by atomic mass is 10.1. The van der Waals surface area contributed by atoms with Crippen LogP contribution in [0, 0.1) is 13.8 Å². The number of nitrogens with zero attached hydrogens (tertiary/aromatic N) is 3. The summed E-state index contributed by atoms with van der Waals surface area (Å²) in [5.74, 6) is 1.37. The van der Waals surface area contributed by atoms with Crippen molar-refractivity contribution in [2.24, 2.45) is 0 Å². The number of hydrogen-bond acceptors (Lipinski definition) is 4. The molecule has 1 amide bonds. The van der Waals surface area contributed by atoms with Gasteiger partial charge in [-0.05, 0) is 31.7 Å². The molecule has 0 spiro atoms. The monoisotopic (exact) mass is 276 g/mol. The van der Waals surface area contributed by atoms with Gasteiger partial charge < -0.3 is 0 Å². The van der Waals surface area contributed by atoms with Crippen LogP contribution in [0.25, 0.3) is 0 Å². The molecule has 5 nitrogen and oxygen atoms in total. The van der Waals surface area contributed by atoms with Gasteiger partial charge in [0.05, 0.1) is 0 Å². The molecule has 6 heteroatoms. The number of hydrogen-bond donors (Lipinski definition) is 1. The molecule has 0 saturated heterocycles. The molecule has 1 heterocycles. The number of thioether (sulfide) groups is 1. The number of amides is 1. The van der Waals surface area contributed by atoms with Gasteiger partial charge in [0.15, 0.2) is 0 Å². The third-order valence-corrected chi connectivity index (χ3v) is 3.41. The molecule has 0 aliphatic rings. The van der Waals surface area contributed by atoms with Crippen LogP contribution >= 0.6 is 11.8 Å². The van der Waals surface area contributed by atoms with Crippen LogP contribution < -0.4 is 5.43 Å². The maximum Gasteiger partial charge on any atom is 0.270 e. The Hall–Kier alpha value is -1.82. The largest absolute Gasteiger partial charge is 0.270 e. The van der Waals surface area contributed by atoms with Crippen molar-refractivity contribution < 1.29 is 4.79 Å². The van der Waals surface area contributed by atoms with E-state index < -0.39 is 0 Å². The van der Waals surface area contributed by atoms with Crippen molar-refractivity contribution in [3.63, 3.8) is 0 Å². The zero-order chi connectivity index (χ0) is 13.8. The molecule has 1 N–H and O–H groups in total. The molecule has 0 aliphatic carbocycles. The van der Waals surface area contributed by atoms with Gasteiger partial charge in [-0.15, -0.1) is 10.2 Å². The maximum atomic E-state index is 12.1. The van der Waals surface area contributed by atoms with Crippen LogP contribution in [-0.2, 0) is 0 Å². The third kappa shape index (κ3) is 3.14. The zero-order valence-electron chi connectivity index (χ0n) is 11.2. The van der Waals surface area contributed by atoms with Crippen molar-refractivity contribution in [3.05, 3.63) is 41.2 Å². The van der Waals surface area contributed by atoms with Crippen molar-refractivity contribution in [1.29, 1.82) is 0 Å². The fourth-order valence-corrected chi connectivity index (χ4v) is 2.23. The highest BCUT2D eigenvalue weighted by atomic mass is 32.2. The number of nitrogens with one attached hydrogen (secondary N) is 1. The Kier molecular flexibility index (Phi) is 4.21. The fraction of sp³-hybridized carbons (Fsp3) is 0.308. The molecule has 1 aromatic heterocycles. The second-order valence-corrected chi connectivity index (χ2v) is 5.34. The molecular formula is C13H16N4OS. The summed E-state index contributed by atoms with van der Waals surface area (Å²) in [6.45, 7) is 5.82. The molecule has 1 aromatic carbocycles. The Morgan fingerprint density at radius 2 is 1.95 bits per heavy atom. The molecule has 2 rings (SSSR count). The van der Waals surface area contributed by atoms with E-state index in [1.807, 2.05) is 32.9 Å². The van der Waals surface area contributed by atoms with Gasteiger partial charge in [0, 0.05) is 5.56 Å². The Morgan fingerprint density at radius 1 is 1.26 bits per heavy atom. The van der Waals surface area contributed by atoms with E-state index in [9.17, 15) is 4.79 Å². The minimum absolute atomic E-state index is 0.166. The second kappa shape index (κ2) is 5.88. The number of aryl methyl sites for hydroxylation is 2. The summed E-state index contributed by atoms with van der Waals surface area (Å²) in [5.41, 5.74) is 4.55. The molecule has 0 unspecified atom stereocenters. The average molecular weight is 276 g/mol. The molecule has 0 radical (unpaired) electrons. The van der Waals surface area contributed by atoms with E-state index in [4.69, 9.17) is 0 Å². The van der Waals surface area contributed by atoms with E-state index in [1.165, 1.54) is 11.8 Å². The minimum Gasteiger partial charge on any atom is -0.267 e. The maximum absolute atomic E-state index is 12.1. The van der Waals surface area contributed by atoms with E-state index in [-0.39, 0.29) is 5.91 Å². The van der Waals surface area contributed by atoms with Crippen LogP contribution in [0.3, 0.4) is 0 Å². The van der Waals surface area contributed by atoms with Crippen molar-refractivity contribution in [1.82, 2.24) is 14.9 Å². The lowest BCUT2D eigenvalue weighted by Gasteiger charge is -2.09. The van der Waals surface area contributed by atoms with Crippen LogP contribution in [0.4, 0.5) is 0 Å². The normalized spacial score (nSPS) is 10.5. The van der Waals surface area contributed by atoms with Gasteiger partial charge in [-0.1, -0.05) is 36.4 Å². The molecule has 0 fully saturated rings. The number of carbonyl (C=O) groups is 1. The van der Waals surface area contributed by atoms with Crippen molar-refractivity contribution in [3.8, 4) is 0 Å². The molecule has 0 atom stereocenters. The number of rotatable bonds is 4. The molecule has 2 aromatic rings. The first kappa shape index (κ1) is 13.6. The summed E-state index contributed by atoms with van der Waals surface area (Å²) >= 11 is 1.54. The topological polar surface area (TPSA) is 59.8 Å². The molecule has 0 saturated carbocycles. The van der Waals surface area contributed by atoms with Crippen molar-refractivity contribution in [2.45, 2.75) is 25.9 Å². The first-order valence-electron chi connectivity index (χ1n) is 6.04. The lowest BCUT2D eigenvalue weighted by Crippen LogP contribution is -2.24. The molecule has 0 aliphatic heterocycles. The SMILES string of the molecule is CCSc1nnc(C)n1NC(=O)c1ccc(C)cc1. The summed E-state index contributed by atoms with van der Waals surface area (Å²) < 4.78 is 1.62. The average Bonchev–Trinajstić information content (AvgIpc) is 2.73. The first-order valence-corrected chi connectivity index (χ1v) is 7.03. The Labute approximate surface area is 116 Å². The number of aromatic nitrogens is 3. The Morgan fingerprint density at radius 3 is 2.58 bits per heavy atom. The second-order valence-electron chi connectivity index (χ2n) is 4.11. The Balaban J connectivity index is 2.19. The highest BCUT2D eigenvalue weighted by Gasteiger charge is 2.12. The van der Waals surface area contributed by atoms with E-state index in [0.29, 0.717) is 16.5 Å². The Bertz CT molecular complexity index is 577. The van der Waals surface area contributed by atoms with Gasteiger partial charge in [0.25, 0.3) is 5.91 Å². The first-order chi connectivity index (χ1) is 9.11. The van der Waals surface area contributed by atoms with E-state index in [2.05, 4.69) is 15.6 Å². The predicted octanol–water partition coefficient (Wildman–Crippen LogP) is 2.39. The van der Waals surface area contributed by atoms with E-state index in [1.54, 1.807) is 16.8 Å². The van der Waals surface area contributed by atoms with Crippen molar-refractivity contribution in [2.75, 3.05) is 11.2 Å². The molecule has 0 bridgehead atoms. The van der Waals surface area contributed by atoms with Gasteiger partial charge in [-0.25, -0.2) is 4.68 Å². The van der Waals surface area contributed by atoms with Gasteiger partial charge >= 0.3 is 0 Å². The highest BCUT2D eigenvalue weighted by molar-refractivity contribution is 7.99. The minimum atomic E-state index is -0.166. The summed E-state index contributed by atoms with van der Waals surface area (Å²) in [5, 5.41) is 8.70. The summed E-state index contributed by atoms with van der Waals surface area (Å²) in [4.78, 5) is 12.1.